The predicted octanol–water partition coefficient (Wildman–Crippen LogP) is 0.805. The van der Waals surface area contributed by atoms with Crippen LogP contribution < -0.4 is 5.32 Å². The van der Waals surface area contributed by atoms with Gasteiger partial charge >= 0.3 is 6.09 Å². The normalized spacial score (nSPS) is 29.8. The van der Waals surface area contributed by atoms with Gasteiger partial charge in [-0.2, -0.15) is 0 Å². The maximum Gasteiger partial charge on any atom is 0.404 e. The third-order valence-electron chi connectivity index (χ3n) is 2.36. The smallest absolute Gasteiger partial charge is 0.404 e. The minimum absolute atomic E-state index is 0.161. The average molecular weight is 173 g/mol. The van der Waals surface area contributed by atoms with E-state index in [1.807, 2.05) is 0 Å². The quantitative estimate of drug-likeness (QED) is 0.578. The first-order valence-electron chi connectivity index (χ1n) is 4.33. The zero-order valence-corrected chi connectivity index (χ0v) is 6.99. The van der Waals surface area contributed by atoms with E-state index in [0.717, 1.165) is 25.7 Å². The van der Waals surface area contributed by atoms with Crippen molar-refractivity contribution in [3.8, 4) is 0 Å². The van der Waals surface area contributed by atoms with Gasteiger partial charge in [0.15, 0.2) is 0 Å². The highest BCUT2D eigenvalue weighted by atomic mass is 16.4. The number of aliphatic hydroxyl groups excluding tert-OH is 1. The summed E-state index contributed by atoms with van der Waals surface area (Å²) in [7, 11) is 0. The maximum absolute atomic E-state index is 10.1. The third-order valence-corrected chi connectivity index (χ3v) is 2.36. The van der Waals surface area contributed by atoms with Crippen LogP contribution >= 0.6 is 0 Å². The lowest BCUT2D eigenvalue weighted by Gasteiger charge is -2.24. The zero-order valence-electron chi connectivity index (χ0n) is 6.99. The first kappa shape index (κ1) is 9.32. The van der Waals surface area contributed by atoms with Crippen molar-refractivity contribution in [3.63, 3.8) is 0 Å². The van der Waals surface area contributed by atoms with E-state index in [9.17, 15) is 4.79 Å². The molecule has 1 saturated carbocycles. The second-order valence-electron chi connectivity index (χ2n) is 3.36. The van der Waals surface area contributed by atoms with E-state index in [1.165, 1.54) is 0 Å². The summed E-state index contributed by atoms with van der Waals surface area (Å²) in [6.07, 6.45) is 2.37. The van der Waals surface area contributed by atoms with Crippen molar-refractivity contribution >= 4 is 6.09 Å². The van der Waals surface area contributed by atoms with Crippen molar-refractivity contribution in [2.24, 2.45) is 5.92 Å². The van der Waals surface area contributed by atoms with Crippen LogP contribution in [0.5, 0.6) is 0 Å². The Bertz CT molecular complexity index is 152. The summed E-state index contributed by atoms with van der Waals surface area (Å²) in [4.78, 5) is 10.1. The lowest BCUT2D eigenvalue weighted by molar-refractivity contribution is 0.108. The fraction of sp³-hybridized carbons (Fsp3) is 0.875. The van der Waals surface area contributed by atoms with E-state index in [-0.39, 0.29) is 6.10 Å². The van der Waals surface area contributed by atoms with Crippen molar-refractivity contribution < 1.29 is 15.0 Å². The average Bonchev–Trinajstić information content (AvgIpc) is 2.03. The van der Waals surface area contributed by atoms with Crippen LogP contribution in [0.2, 0.25) is 0 Å². The molecule has 4 heteroatoms. The summed E-state index contributed by atoms with van der Waals surface area (Å²) >= 11 is 0. The van der Waals surface area contributed by atoms with Crippen molar-refractivity contribution in [1.29, 1.82) is 0 Å². The van der Waals surface area contributed by atoms with Gasteiger partial charge in [-0.1, -0.05) is 0 Å². The van der Waals surface area contributed by atoms with Gasteiger partial charge in [-0.25, -0.2) is 4.79 Å². The van der Waals surface area contributed by atoms with Gasteiger partial charge in [0.05, 0.1) is 6.10 Å². The van der Waals surface area contributed by atoms with Crippen LogP contribution in [0, 0.1) is 5.92 Å². The molecule has 0 aromatic rings. The van der Waals surface area contributed by atoms with Crippen LogP contribution in [0.25, 0.3) is 0 Å². The lowest BCUT2D eigenvalue weighted by atomic mass is 9.87. The van der Waals surface area contributed by atoms with Gasteiger partial charge in [-0.05, 0) is 31.6 Å². The number of amides is 1. The van der Waals surface area contributed by atoms with E-state index in [4.69, 9.17) is 10.2 Å². The number of hydrogen-bond acceptors (Lipinski definition) is 2. The molecule has 0 spiro atoms. The van der Waals surface area contributed by atoms with Crippen molar-refractivity contribution in [3.05, 3.63) is 0 Å². The van der Waals surface area contributed by atoms with Gasteiger partial charge in [0.1, 0.15) is 0 Å². The van der Waals surface area contributed by atoms with Crippen LogP contribution in [0.3, 0.4) is 0 Å². The molecule has 12 heavy (non-hydrogen) atoms. The highest BCUT2D eigenvalue weighted by Crippen LogP contribution is 2.23. The summed E-state index contributed by atoms with van der Waals surface area (Å²) in [5.74, 6) is 0.421. The summed E-state index contributed by atoms with van der Waals surface area (Å²) in [5.41, 5.74) is 0. The molecule has 0 bridgehead atoms. The molecule has 0 atom stereocenters. The monoisotopic (exact) mass is 173 g/mol. The summed E-state index contributed by atoms with van der Waals surface area (Å²) in [6, 6.07) is 0. The summed E-state index contributed by atoms with van der Waals surface area (Å²) < 4.78 is 0. The molecule has 1 rings (SSSR count). The van der Waals surface area contributed by atoms with Crippen LogP contribution in [0.4, 0.5) is 4.79 Å². The van der Waals surface area contributed by atoms with Gasteiger partial charge in [0, 0.05) is 6.54 Å². The Morgan fingerprint density at radius 3 is 2.42 bits per heavy atom. The standard InChI is InChI=1S/C8H15NO3/c10-7-3-1-6(2-4-7)5-9-8(11)12/h6-7,9-10H,1-5H2,(H,11,12)/t6-,7-. The van der Waals surface area contributed by atoms with Crippen LogP contribution in [0.15, 0.2) is 0 Å². The molecule has 0 unspecified atom stereocenters. The Balaban J connectivity index is 2.13. The predicted molar refractivity (Wildman–Crippen MR) is 44.0 cm³/mol. The highest BCUT2D eigenvalue weighted by molar-refractivity contribution is 5.64. The molecule has 1 fully saturated rings. The third kappa shape index (κ3) is 3.09. The van der Waals surface area contributed by atoms with E-state index in [1.54, 1.807) is 0 Å². The molecule has 0 radical (unpaired) electrons. The van der Waals surface area contributed by atoms with Crippen molar-refractivity contribution in [2.45, 2.75) is 31.8 Å². The van der Waals surface area contributed by atoms with Crippen molar-refractivity contribution in [1.82, 2.24) is 5.32 Å². The van der Waals surface area contributed by atoms with Crippen molar-refractivity contribution in [2.75, 3.05) is 6.54 Å². The molecule has 1 amide bonds. The molecule has 1 aliphatic carbocycles. The minimum Gasteiger partial charge on any atom is -0.465 e. The Labute approximate surface area is 71.6 Å². The second kappa shape index (κ2) is 4.30. The molecule has 0 aromatic heterocycles. The molecule has 0 saturated heterocycles. The van der Waals surface area contributed by atoms with E-state index < -0.39 is 6.09 Å². The largest absolute Gasteiger partial charge is 0.465 e. The SMILES string of the molecule is O=C(O)NC[C@H]1CC[C@H](O)CC1. The number of aliphatic hydroxyl groups is 1. The second-order valence-corrected chi connectivity index (χ2v) is 3.36. The topological polar surface area (TPSA) is 69.6 Å². The number of nitrogens with one attached hydrogen (secondary N) is 1. The Morgan fingerprint density at radius 1 is 1.33 bits per heavy atom. The number of carbonyl (C=O) groups is 1. The first-order valence-corrected chi connectivity index (χ1v) is 4.33. The lowest BCUT2D eigenvalue weighted by Crippen LogP contribution is -2.30. The van der Waals surface area contributed by atoms with Gasteiger partial charge in [0.25, 0.3) is 0 Å². The van der Waals surface area contributed by atoms with Crippen LogP contribution in [0.1, 0.15) is 25.7 Å². The zero-order chi connectivity index (χ0) is 8.97. The molecule has 0 aliphatic heterocycles. The minimum atomic E-state index is -0.957. The molecular weight excluding hydrogens is 158 g/mol. The van der Waals surface area contributed by atoms with Gasteiger partial charge in [0.2, 0.25) is 0 Å². The Hall–Kier alpha value is -0.770. The molecular formula is C8H15NO3. The summed E-state index contributed by atoms with van der Waals surface area (Å²) in [6.45, 7) is 0.530. The molecule has 0 heterocycles. The van der Waals surface area contributed by atoms with E-state index in [2.05, 4.69) is 5.32 Å². The van der Waals surface area contributed by atoms with E-state index >= 15 is 0 Å². The fourth-order valence-electron chi connectivity index (χ4n) is 1.58. The summed E-state index contributed by atoms with van der Waals surface area (Å²) in [5, 5.41) is 19.9. The van der Waals surface area contributed by atoms with E-state index in [0.29, 0.717) is 12.5 Å². The molecule has 4 nitrogen and oxygen atoms in total. The fourth-order valence-corrected chi connectivity index (χ4v) is 1.58. The van der Waals surface area contributed by atoms with Gasteiger partial charge in [-0.3, -0.25) is 0 Å². The number of rotatable bonds is 2. The number of hydrogen-bond donors (Lipinski definition) is 3. The molecule has 1 aliphatic rings. The van der Waals surface area contributed by atoms with Gasteiger partial charge < -0.3 is 15.5 Å². The molecule has 0 aromatic carbocycles. The highest BCUT2D eigenvalue weighted by Gasteiger charge is 2.19. The Kier molecular flexibility index (Phi) is 3.34. The maximum atomic E-state index is 10.1. The number of carboxylic acid groups (broad SMARTS) is 1. The molecule has 70 valence electrons. The molecule has 3 N–H and O–H groups in total. The first-order chi connectivity index (χ1) is 5.68. The Morgan fingerprint density at radius 2 is 1.92 bits per heavy atom. The van der Waals surface area contributed by atoms with Gasteiger partial charge in [-0.15, -0.1) is 0 Å². The van der Waals surface area contributed by atoms with Crippen LogP contribution in [-0.2, 0) is 0 Å². The van der Waals surface area contributed by atoms with Crippen LogP contribution in [-0.4, -0.2) is 29.0 Å².